The Morgan fingerprint density at radius 2 is 1.93 bits per heavy atom. The molecule has 0 aromatic carbocycles. The van der Waals surface area contributed by atoms with Crippen LogP contribution < -0.4 is 0 Å². The molecule has 80 valence electrons. The molecule has 1 N–H and O–H groups in total. The van der Waals surface area contributed by atoms with Crippen LogP contribution in [0.5, 0.6) is 0 Å². The lowest BCUT2D eigenvalue weighted by atomic mass is 10.2. The zero-order valence-corrected chi connectivity index (χ0v) is 8.82. The van der Waals surface area contributed by atoms with Gasteiger partial charge in [-0.2, -0.15) is 0 Å². The van der Waals surface area contributed by atoms with Crippen molar-refractivity contribution >= 4 is 0 Å². The predicted octanol–water partition coefficient (Wildman–Crippen LogP) is 1.33. The van der Waals surface area contributed by atoms with Crippen molar-refractivity contribution in [2.45, 2.75) is 32.7 Å². The molecule has 0 fully saturated rings. The van der Waals surface area contributed by atoms with E-state index in [1.54, 1.807) is 0 Å². The van der Waals surface area contributed by atoms with Gasteiger partial charge in [-0.1, -0.05) is 18.4 Å². The molecule has 0 aliphatic carbocycles. The van der Waals surface area contributed by atoms with Gasteiger partial charge in [-0.25, -0.2) is 0 Å². The van der Waals surface area contributed by atoms with E-state index in [9.17, 15) is 5.11 Å². The van der Waals surface area contributed by atoms with E-state index in [0.29, 0.717) is 19.6 Å². The smallest absolute Gasteiger partial charge is 0.160 e. The third kappa shape index (κ3) is 6.67. The first-order valence-corrected chi connectivity index (χ1v) is 4.77. The summed E-state index contributed by atoms with van der Waals surface area (Å²) in [5, 5.41) is 9.42. The lowest BCUT2D eigenvalue weighted by Crippen LogP contribution is -2.23. The Morgan fingerprint density at radius 1 is 1.36 bits per heavy atom. The summed E-state index contributed by atoms with van der Waals surface area (Å²) in [6, 6.07) is 0. The highest BCUT2D eigenvalue weighted by atomic mass is 16.7. The highest BCUT2D eigenvalue weighted by Gasteiger charge is 2.12. The number of rotatable bonds is 6. The molecule has 3 nitrogen and oxygen atoms in total. The Balaban J connectivity index is 3.93. The SMILES string of the molecule is C=CC#CC(O)CC(OCC)OCC. The van der Waals surface area contributed by atoms with Crippen molar-refractivity contribution < 1.29 is 14.6 Å². The summed E-state index contributed by atoms with van der Waals surface area (Å²) in [6.07, 6.45) is 0.706. The van der Waals surface area contributed by atoms with Crippen LogP contribution >= 0.6 is 0 Å². The zero-order chi connectivity index (χ0) is 10.8. The van der Waals surface area contributed by atoms with Gasteiger partial charge in [0.25, 0.3) is 0 Å². The van der Waals surface area contributed by atoms with Crippen LogP contribution in [0.1, 0.15) is 20.3 Å². The highest BCUT2D eigenvalue weighted by Crippen LogP contribution is 2.04. The molecular weight excluding hydrogens is 180 g/mol. The number of hydrogen-bond donors (Lipinski definition) is 1. The van der Waals surface area contributed by atoms with Gasteiger partial charge in [0.15, 0.2) is 6.29 Å². The molecule has 0 aliphatic heterocycles. The van der Waals surface area contributed by atoms with Gasteiger partial charge >= 0.3 is 0 Å². The van der Waals surface area contributed by atoms with Gasteiger partial charge in [-0.15, -0.1) is 0 Å². The average molecular weight is 198 g/mol. The van der Waals surface area contributed by atoms with Gasteiger partial charge < -0.3 is 14.6 Å². The van der Waals surface area contributed by atoms with Gasteiger partial charge in [-0.05, 0) is 19.9 Å². The molecule has 1 unspecified atom stereocenters. The third-order valence-electron chi connectivity index (χ3n) is 1.47. The van der Waals surface area contributed by atoms with Gasteiger partial charge in [0, 0.05) is 19.6 Å². The number of ether oxygens (including phenoxy) is 2. The summed E-state index contributed by atoms with van der Waals surface area (Å²) in [4.78, 5) is 0. The minimum atomic E-state index is -0.726. The minimum Gasteiger partial charge on any atom is -0.380 e. The Kier molecular flexibility index (Phi) is 8.25. The number of allylic oxidation sites excluding steroid dienone is 1. The topological polar surface area (TPSA) is 38.7 Å². The molecule has 0 bridgehead atoms. The number of aliphatic hydroxyl groups is 1. The highest BCUT2D eigenvalue weighted by molar-refractivity contribution is 5.15. The van der Waals surface area contributed by atoms with E-state index in [1.165, 1.54) is 6.08 Å². The maximum Gasteiger partial charge on any atom is 0.160 e. The Bertz CT molecular complexity index is 196. The maximum atomic E-state index is 9.42. The zero-order valence-electron chi connectivity index (χ0n) is 8.82. The molecule has 1 atom stereocenters. The second-order valence-electron chi connectivity index (χ2n) is 2.58. The first kappa shape index (κ1) is 13.2. The molecule has 0 heterocycles. The van der Waals surface area contributed by atoms with E-state index in [2.05, 4.69) is 18.4 Å². The monoisotopic (exact) mass is 198 g/mol. The minimum absolute atomic E-state index is 0.364. The van der Waals surface area contributed by atoms with Crippen molar-refractivity contribution in [2.24, 2.45) is 0 Å². The molecule has 0 amide bonds. The van der Waals surface area contributed by atoms with Crippen LogP contribution in [-0.2, 0) is 9.47 Å². The van der Waals surface area contributed by atoms with Gasteiger partial charge in [0.05, 0.1) is 0 Å². The standard InChI is InChI=1S/C11H18O3/c1-4-7-8-10(12)9-11(13-5-2)14-6-3/h4,10-12H,1,5-6,9H2,2-3H3. The first-order valence-electron chi connectivity index (χ1n) is 4.77. The van der Waals surface area contributed by atoms with Gasteiger partial charge in [-0.3, -0.25) is 0 Å². The van der Waals surface area contributed by atoms with Crippen molar-refractivity contribution in [1.29, 1.82) is 0 Å². The second kappa shape index (κ2) is 8.76. The second-order valence-corrected chi connectivity index (χ2v) is 2.58. The Morgan fingerprint density at radius 3 is 2.36 bits per heavy atom. The van der Waals surface area contributed by atoms with Crippen molar-refractivity contribution in [2.75, 3.05) is 13.2 Å². The van der Waals surface area contributed by atoms with Crippen LogP contribution in [-0.4, -0.2) is 30.7 Å². The molecule has 0 aromatic heterocycles. The van der Waals surface area contributed by atoms with Crippen LogP contribution in [0.25, 0.3) is 0 Å². The summed E-state index contributed by atoms with van der Waals surface area (Å²) in [5.41, 5.74) is 0. The fraction of sp³-hybridized carbons (Fsp3) is 0.636. The van der Waals surface area contributed by atoms with Crippen LogP contribution in [0.2, 0.25) is 0 Å². The lowest BCUT2D eigenvalue weighted by molar-refractivity contribution is -0.148. The molecule has 0 saturated carbocycles. The summed E-state index contributed by atoms with van der Waals surface area (Å²) in [5.74, 6) is 5.20. The van der Waals surface area contributed by atoms with Crippen molar-refractivity contribution in [3.63, 3.8) is 0 Å². The average Bonchev–Trinajstić information content (AvgIpc) is 2.15. The predicted molar refractivity (Wildman–Crippen MR) is 55.6 cm³/mol. The Labute approximate surface area is 85.7 Å². The normalized spacial score (nSPS) is 12.0. The molecule has 0 spiro atoms. The fourth-order valence-corrected chi connectivity index (χ4v) is 0.952. The maximum absolute atomic E-state index is 9.42. The van der Waals surface area contributed by atoms with E-state index in [1.807, 2.05) is 13.8 Å². The molecule has 0 aliphatic rings. The molecular formula is C11H18O3. The van der Waals surface area contributed by atoms with E-state index in [0.717, 1.165) is 0 Å². The van der Waals surface area contributed by atoms with E-state index >= 15 is 0 Å². The summed E-state index contributed by atoms with van der Waals surface area (Å²) >= 11 is 0. The number of hydrogen-bond acceptors (Lipinski definition) is 3. The largest absolute Gasteiger partial charge is 0.380 e. The lowest BCUT2D eigenvalue weighted by Gasteiger charge is -2.17. The summed E-state index contributed by atoms with van der Waals surface area (Å²) in [6.45, 7) is 8.33. The van der Waals surface area contributed by atoms with E-state index in [-0.39, 0.29) is 6.29 Å². The first-order chi connectivity index (χ1) is 6.74. The quantitative estimate of drug-likeness (QED) is 0.517. The van der Waals surface area contributed by atoms with Crippen LogP contribution in [0.15, 0.2) is 12.7 Å². The van der Waals surface area contributed by atoms with Crippen molar-refractivity contribution in [3.05, 3.63) is 12.7 Å². The molecule has 3 heteroatoms. The summed E-state index contributed by atoms with van der Waals surface area (Å²) < 4.78 is 10.5. The van der Waals surface area contributed by atoms with E-state index < -0.39 is 6.10 Å². The molecule has 0 aromatic rings. The number of aliphatic hydroxyl groups excluding tert-OH is 1. The van der Waals surface area contributed by atoms with Crippen molar-refractivity contribution in [1.82, 2.24) is 0 Å². The van der Waals surface area contributed by atoms with E-state index in [4.69, 9.17) is 9.47 Å². The molecule has 14 heavy (non-hydrogen) atoms. The Hall–Kier alpha value is -0.820. The molecule has 0 saturated heterocycles. The fourth-order valence-electron chi connectivity index (χ4n) is 0.952. The molecule has 0 radical (unpaired) electrons. The van der Waals surface area contributed by atoms with Crippen LogP contribution in [0, 0.1) is 11.8 Å². The molecule has 0 rings (SSSR count). The van der Waals surface area contributed by atoms with Gasteiger partial charge in [0.2, 0.25) is 0 Å². The van der Waals surface area contributed by atoms with Crippen LogP contribution in [0.3, 0.4) is 0 Å². The summed E-state index contributed by atoms with van der Waals surface area (Å²) in [7, 11) is 0. The van der Waals surface area contributed by atoms with Crippen molar-refractivity contribution in [3.8, 4) is 11.8 Å². The van der Waals surface area contributed by atoms with Crippen LogP contribution in [0.4, 0.5) is 0 Å². The third-order valence-corrected chi connectivity index (χ3v) is 1.47. The van der Waals surface area contributed by atoms with Gasteiger partial charge in [0.1, 0.15) is 6.10 Å².